The lowest BCUT2D eigenvalue weighted by Gasteiger charge is -2.21. The lowest BCUT2D eigenvalue weighted by atomic mass is 10.0. The zero-order valence-corrected chi connectivity index (χ0v) is 13.3. The first-order valence-electron chi connectivity index (χ1n) is 7.06. The highest BCUT2D eigenvalue weighted by atomic mass is 35.5. The maximum atomic E-state index is 5.93. The Kier molecular flexibility index (Phi) is 4.85. The van der Waals surface area contributed by atoms with Crippen LogP contribution in [0.3, 0.4) is 0 Å². The maximum absolute atomic E-state index is 5.93. The van der Waals surface area contributed by atoms with Gasteiger partial charge in [0.2, 0.25) is 0 Å². The van der Waals surface area contributed by atoms with E-state index in [9.17, 15) is 0 Å². The molecule has 0 aliphatic heterocycles. The summed E-state index contributed by atoms with van der Waals surface area (Å²) in [7, 11) is 0. The molecule has 0 amide bonds. The molecule has 1 N–H and O–H groups in total. The van der Waals surface area contributed by atoms with Crippen molar-refractivity contribution in [1.29, 1.82) is 0 Å². The molecule has 0 aliphatic rings. The first kappa shape index (κ1) is 15.1. The van der Waals surface area contributed by atoms with Crippen LogP contribution in [0.2, 0.25) is 5.02 Å². The number of hydrogen-bond acceptors (Lipinski definition) is 1. The molecule has 0 spiro atoms. The van der Waals surface area contributed by atoms with Gasteiger partial charge in [0.1, 0.15) is 0 Å². The fourth-order valence-electron chi connectivity index (χ4n) is 2.35. The summed E-state index contributed by atoms with van der Waals surface area (Å²) in [5.41, 5.74) is 5.26. The Bertz CT molecular complexity index is 574. The second kappa shape index (κ2) is 6.43. The van der Waals surface area contributed by atoms with Gasteiger partial charge in [0.15, 0.2) is 0 Å². The average molecular weight is 288 g/mol. The number of rotatable bonds is 4. The topological polar surface area (TPSA) is 12.0 Å². The van der Waals surface area contributed by atoms with Gasteiger partial charge >= 0.3 is 0 Å². The van der Waals surface area contributed by atoms with Crippen molar-refractivity contribution in [2.24, 2.45) is 0 Å². The summed E-state index contributed by atoms with van der Waals surface area (Å²) in [5, 5.41) is 4.42. The number of hydrogen-bond donors (Lipinski definition) is 1. The van der Waals surface area contributed by atoms with E-state index in [1.54, 1.807) is 0 Å². The molecule has 20 heavy (non-hydrogen) atoms. The predicted octanol–water partition coefficient (Wildman–Crippen LogP) is 5.37. The lowest BCUT2D eigenvalue weighted by molar-refractivity contribution is 0.494. The number of nitrogens with one attached hydrogen (secondary N) is 1. The van der Waals surface area contributed by atoms with Crippen LogP contribution in [-0.4, -0.2) is 0 Å². The highest BCUT2D eigenvalue weighted by molar-refractivity contribution is 6.30. The summed E-state index contributed by atoms with van der Waals surface area (Å²) >= 11 is 5.93. The molecule has 0 heterocycles. The molecule has 2 heteroatoms. The monoisotopic (exact) mass is 287 g/mol. The van der Waals surface area contributed by atoms with Crippen LogP contribution in [0.25, 0.3) is 0 Å². The van der Waals surface area contributed by atoms with Gasteiger partial charge in [-0.15, -0.1) is 0 Å². The SMILES string of the molecule is Cc1ccc(C(C)N[C@@H](C)c2ccc(Cl)cc2)cc1C. The fourth-order valence-corrected chi connectivity index (χ4v) is 2.48. The molecule has 0 saturated heterocycles. The van der Waals surface area contributed by atoms with Crippen LogP contribution in [0.1, 0.15) is 48.2 Å². The molecule has 0 fully saturated rings. The Morgan fingerprint density at radius 2 is 1.35 bits per heavy atom. The van der Waals surface area contributed by atoms with Crippen molar-refractivity contribution in [2.45, 2.75) is 39.8 Å². The largest absolute Gasteiger partial charge is 0.304 e. The minimum absolute atomic E-state index is 0.295. The van der Waals surface area contributed by atoms with Gasteiger partial charge in [-0.3, -0.25) is 0 Å². The highest BCUT2D eigenvalue weighted by Crippen LogP contribution is 2.22. The van der Waals surface area contributed by atoms with E-state index >= 15 is 0 Å². The van der Waals surface area contributed by atoms with E-state index in [4.69, 9.17) is 11.6 Å². The van der Waals surface area contributed by atoms with Crippen LogP contribution in [-0.2, 0) is 0 Å². The van der Waals surface area contributed by atoms with Gasteiger partial charge in [-0.2, -0.15) is 0 Å². The molecule has 106 valence electrons. The summed E-state index contributed by atoms with van der Waals surface area (Å²) in [6.45, 7) is 8.69. The zero-order chi connectivity index (χ0) is 14.7. The average Bonchev–Trinajstić information content (AvgIpc) is 2.42. The molecule has 1 unspecified atom stereocenters. The van der Waals surface area contributed by atoms with Crippen LogP contribution in [0.5, 0.6) is 0 Å². The molecule has 2 rings (SSSR count). The van der Waals surface area contributed by atoms with Crippen molar-refractivity contribution in [1.82, 2.24) is 5.32 Å². The van der Waals surface area contributed by atoms with Gasteiger partial charge < -0.3 is 5.32 Å². The van der Waals surface area contributed by atoms with Crippen LogP contribution in [0, 0.1) is 13.8 Å². The summed E-state index contributed by atoms with van der Waals surface area (Å²) in [6, 6.07) is 15.3. The molecular weight excluding hydrogens is 266 g/mol. The summed E-state index contributed by atoms with van der Waals surface area (Å²) < 4.78 is 0. The molecule has 0 radical (unpaired) electrons. The molecule has 2 aromatic carbocycles. The molecule has 0 aromatic heterocycles. The van der Waals surface area contributed by atoms with Crippen molar-refractivity contribution in [3.63, 3.8) is 0 Å². The Morgan fingerprint density at radius 1 is 0.800 bits per heavy atom. The number of benzene rings is 2. The summed E-state index contributed by atoms with van der Waals surface area (Å²) in [5.74, 6) is 0. The van der Waals surface area contributed by atoms with Gasteiger partial charge in [0.05, 0.1) is 0 Å². The van der Waals surface area contributed by atoms with Gasteiger partial charge in [-0.05, 0) is 62.1 Å². The van der Waals surface area contributed by atoms with Crippen molar-refractivity contribution in [3.05, 3.63) is 69.7 Å². The van der Waals surface area contributed by atoms with E-state index in [2.05, 4.69) is 63.3 Å². The third-order valence-electron chi connectivity index (χ3n) is 3.90. The molecule has 1 nitrogen and oxygen atoms in total. The second-order valence-corrected chi connectivity index (χ2v) is 5.94. The van der Waals surface area contributed by atoms with E-state index < -0.39 is 0 Å². The minimum atomic E-state index is 0.295. The van der Waals surface area contributed by atoms with E-state index in [0.29, 0.717) is 12.1 Å². The smallest absolute Gasteiger partial charge is 0.0406 e. The van der Waals surface area contributed by atoms with Gasteiger partial charge in [-0.1, -0.05) is 41.9 Å². The van der Waals surface area contributed by atoms with Crippen LogP contribution >= 0.6 is 11.6 Å². The normalized spacial score (nSPS) is 14.1. The summed E-state index contributed by atoms with van der Waals surface area (Å²) in [6.07, 6.45) is 0. The Labute approximate surface area is 127 Å². The summed E-state index contributed by atoms with van der Waals surface area (Å²) in [4.78, 5) is 0. The van der Waals surface area contributed by atoms with Crippen molar-refractivity contribution < 1.29 is 0 Å². The Morgan fingerprint density at radius 3 is 1.95 bits per heavy atom. The quantitative estimate of drug-likeness (QED) is 0.797. The van der Waals surface area contributed by atoms with E-state index in [1.165, 1.54) is 22.3 Å². The van der Waals surface area contributed by atoms with Crippen LogP contribution in [0.15, 0.2) is 42.5 Å². The first-order valence-corrected chi connectivity index (χ1v) is 7.44. The first-order chi connectivity index (χ1) is 9.47. The van der Waals surface area contributed by atoms with E-state index in [0.717, 1.165) is 5.02 Å². The van der Waals surface area contributed by atoms with Crippen LogP contribution < -0.4 is 5.32 Å². The standard InChI is InChI=1S/C18H22ClN/c1-12-5-6-17(11-13(12)2)15(4)20-14(3)16-7-9-18(19)10-8-16/h5-11,14-15,20H,1-4H3/t14-,15?/m0/s1. The zero-order valence-electron chi connectivity index (χ0n) is 12.6. The van der Waals surface area contributed by atoms with Crippen LogP contribution in [0.4, 0.5) is 0 Å². The highest BCUT2D eigenvalue weighted by Gasteiger charge is 2.11. The molecule has 0 saturated carbocycles. The molecule has 0 aliphatic carbocycles. The number of aryl methyl sites for hydroxylation is 2. The Balaban J connectivity index is 2.08. The van der Waals surface area contributed by atoms with E-state index in [-0.39, 0.29) is 0 Å². The van der Waals surface area contributed by atoms with Gasteiger partial charge in [0, 0.05) is 17.1 Å². The predicted molar refractivity (Wildman–Crippen MR) is 87.3 cm³/mol. The Hall–Kier alpha value is -1.31. The van der Waals surface area contributed by atoms with Gasteiger partial charge in [-0.25, -0.2) is 0 Å². The lowest BCUT2D eigenvalue weighted by Crippen LogP contribution is -2.22. The molecule has 0 bridgehead atoms. The molecular formula is C18H22ClN. The molecule has 2 aromatic rings. The number of halogens is 1. The van der Waals surface area contributed by atoms with Crippen molar-refractivity contribution in [2.75, 3.05) is 0 Å². The minimum Gasteiger partial charge on any atom is -0.304 e. The third kappa shape index (κ3) is 3.62. The molecule has 2 atom stereocenters. The van der Waals surface area contributed by atoms with Crippen molar-refractivity contribution >= 4 is 11.6 Å². The van der Waals surface area contributed by atoms with Crippen molar-refractivity contribution in [3.8, 4) is 0 Å². The van der Waals surface area contributed by atoms with Gasteiger partial charge in [0.25, 0.3) is 0 Å². The van der Waals surface area contributed by atoms with E-state index in [1.807, 2.05) is 12.1 Å². The maximum Gasteiger partial charge on any atom is 0.0406 e. The third-order valence-corrected chi connectivity index (χ3v) is 4.15. The fraction of sp³-hybridized carbons (Fsp3) is 0.333. The second-order valence-electron chi connectivity index (χ2n) is 5.51.